The Kier molecular flexibility index (Phi) is 4.89. The lowest BCUT2D eigenvalue weighted by Crippen LogP contribution is -2.28. The molecule has 0 N–H and O–H groups in total. The minimum atomic E-state index is 0.479. The largest absolute Gasteiger partial charge is 0.357 e. The predicted octanol–water partition coefficient (Wildman–Crippen LogP) is 3.30. The second kappa shape index (κ2) is 5.96. The number of pyridine rings is 1. The summed E-state index contributed by atoms with van der Waals surface area (Å²) >= 11 is 5.77. The zero-order valence-electron chi connectivity index (χ0n) is 9.70. The first-order valence-electron chi connectivity index (χ1n) is 5.44. The molecule has 0 radical (unpaired) electrons. The zero-order chi connectivity index (χ0) is 11.3. The van der Waals surface area contributed by atoms with Gasteiger partial charge in [-0.05, 0) is 25.0 Å². The van der Waals surface area contributed by atoms with Crippen LogP contribution >= 0.6 is 11.6 Å². The van der Waals surface area contributed by atoms with Crippen molar-refractivity contribution < 1.29 is 0 Å². The van der Waals surface area contributed by atoms with Crippen LogP contribution in [-0.4, -0.2) is 18.1 Å². The summed E-state index contributed by atoms with van der Waals surface area (Å²) in [5.74, 6) is 2.16. The van der Waals surface area contributed by atoms with E-state index in [-0.39, 0.29) is 0 Å². The van der Waals surface area contributed by atoms with E-state index in [2.05, 4.69) is 30.7 Å². The third-order valence-electron chi connectivity index (χ3n) is 2.22. The number of hydrogen-bond donors (Lipinski definition) is 0. The van der Waals surface area contributed by atoms with Gasteiger partial charge in [0.05, 0.1) is 11.6 Å². The number of aromatic nitrogens is 1. The molecule has 3 heteroatoms. The van der Waals surface area contributed by atoms with Crippen molar-refractivity contribution in [2.75, 3.05) is 18.0 Å². The van der Waals surface area contributed by atoms with Crippen LogP contribution in [0.1, 0.15) is 26.5 Å². The van der Waals surface area contributed by atoms with Gasteiger partial charge < -0.3 is 4.90 Å². The van der Waals surface area contributed by atoms with Crippen LogP contribution in [-0.2, 0) is 5.88 Å². The molecule has 2 nitrogen and oxygen atoms in total. The Hall–Kier alpha value is -0.760. The van der Waals surface area contributed by atoms with Crippen LogP contribution < -0.4 is 4.90 Å². The average Bonchev–Trinajstić information content (AvgIpc) is 2.25. The standard InChI is InChI=1S/C12H19ClN2/c1-4-15(9-10(2)3)12-7-5-6-11(8-13)14-12/h5-7,10H,4,8-9H2,1-3H3. The summed E-state index contributed by atoms with van der Waals surface area (Å²) in [6.45, 7) is 8.60. The van der Waals surface area contributed by atoms with Crippen LogP contribution in [0.15, 0.2) is 18.2 Å². The van der Waals surface area contributed by atoms with E-state index in [4.69, 9.17) is 11.6 Å². The summed E-state index contributed by atoms with van der Waals surface area (Å²) in [7, 11) is 0. The van der Waals surface area contributed by atoms with Crippen LogP contribution in [0.5, 0.6) is 0 Å². The lowest BCUT2D eigenvalue weighted by atomic mass is 10.2. The van der Waals surface area contributed by atoms with Crippen LogP contribution in [0, 0.1) is 5.92 Å². The minimum Gasteiger partial charge on any atom is -0.357 e. The van der Waals surface area contributed by atoms with Crippen LogP contribution in [0.25, 0.3) is 0 Å². The fraction of sp³-hybridized carbons (Fsp3) is 0.583. The van der Waals surface area contributed by atoms with Crippen molar-refractivity contribution in [2.24, 2.45) is 5.92 Å². The van der Waals surface area contributed by atoms with Crippen molar-refractivity contribution in [3.05, 3.63) is 23.9 Å². The normalized spacial score (nSPS) is 10.7. The fourth-order valence-electron chi connectivity index (χ4n) is 1.54. The summed E-state index contributed by atoms with van der Waals surface area (Å²) < 4.78 is 0. The second-order valence-electron chi connectivity index (χ2n) is 4.05. The molecule has 0 aliphatic rings. The topological polar surface area (TPSA) is 16.1 Å². The van der Waals surface area contributed by atoms with E-state index in [0.717, 1.165) is 24.6 Å². The first kappa shape index (κ1) is 12.3. The zero-order valence-corrected chi connectivity index (χ0v) is 10.5. The number of alkyl halides is 1. The summed E-state index contributed by atoms with van der Waals surface area (Å²) in [5.41, 5.74) is 0.941. The molecule has 0 bridgehead atoms. The molecule has 1 aromatic rings. The number of nitrogens with zero attached hydrogens (tertiary/aromatic N) is 2. The molecule has 15 heavy (non-hydrogen) atoms. The molecule has 84 valence electrons. The minimum absolute atomic E-state index is 0.479. The number of hydrogen-bond acceptors (Lipinski definition) is 2. The van der Waals surface area contributed by atoms with E-state index in [1.54, 1.807) is 0 Å². The summed E-state index contributed by atoms with van der Waals surface area (Å²) in [6, 6.07) is 6.02. The van der Waals surface area contributed by atoms with E-state index >= 15 is 0 Å². The van der Waals surface area contributed by atoms with Crippen molar-refractivity contribution in [1.29, 1.82) is 0 Å². The molecule has 0 aromatic carbocycles. The predicted molar refractivity (Wildman–Crippen MR) is 66.5 cm³/mol. The summed E-state index contributed by atoms with van der Waals surface area (Å²) in [6.07, 6.45) is 0. The van der Waals surface area contributed by atoms with Gasteiger partial charge in [0.1, 0.15) is 5.82 Å². The van der Waals surface area contributed by atoms with Crippen molar-refractivity contribution in [2.45, 2.75) is 26.7 Å². The molecule has 0 fully saturated rings. The van der Waals surface area contributed by atoms with Gasteiger partial charge in [-0.15, -0.1) is 11.6 Å². The van der Waals surface area contributed by atoms with Gasteiger partial charge in [-0.25, -0.2) is 4.98 Å². The quantitative estimate of drug-likeness (QED) is 0.717. The van der Waals surface area contributed by atoms with E-state index in [0.29, 0.717) is 11.8 Å². The molecule has 0 aliphatic carbocycles. The Morgan fingerprint density at radius 3 is 2.67 bits per heavy atom. The summed E-state index contributed by atoms with van der Waals surface area (Å²) in [4.78, 5) is 6.79. The molecule has 0 aliphatic heterocycles. The van der Waals surface area contributed by atoms with E-state index < -0.39 is 0 Å². The average molecular weight is 227 g/mol. The van der Waals surface area contributed by atoms with Crippen molar-refractivity contribution in [3.8, 4) is 0 Å². The Balaban J connectivity index is 2.81. The Morgan fingerprint density at radius 2 is 2.13 bits per heavy atom. The molecule has 1 rings (SSSR count). The first-order chi connectivity index (χ1) is 7.17. The number of halogens is 1. The fourth-order valence-corrected chi connectivity index (χ4v) is 1.69. The Morgan fingerprint density at radius 1 is 1.40 bits per heavy atom. The SMILES string of the molecule is CCN(CC(C)C)c1cccc(CCl)n1. The molecule has 0 saturated carbocycles. The molecule has 0 spiro atoms. The summed E-state index contributed by atoms with van der Waals surface area (Å²) in [5, 5.41) is 0. The molecule has 0 saturated heterocycles. The monoisotopic (exact) mass is 226 g/mol. The van der Waals surface area contributed by atoms with Crippen molar-refractivity contribution >= 4 is 17.4 Å². The lowest BCUT2D eigenvalue weighted by Gasteiger charge is -2.24. The van der Waals surface area contributed by atoms with Gasteiger partial charge in [0.2, 0.25) is 0 Å². The van der Waals surface area contributed by atoms with Crippen LogP contribution in [0.3, 0.4) is 0 Å². The van der Waals surface area contributed by atoms with Gasteiger partial charge in [0.15, 0.2) is 0 Å². The highest BCUT2D eigenvalue weighted by molar-refractivity contribution is 6.16. The number of anilines is 1. The van der Waals surface area contributed by atoms with Crippen LogP contribution in [0.2, 0.25) is 0 Å². The van der Waals surface area contributed by atoms with E-state index in [1.165, 1.54) is 0 Å². The smallest absolute Gasteiger partial charge is 0.128 e. The molecule has 0 amide bonds. The van der Waals surface area contributed by atoms with Crippen molar-refractivity contribution in [1.82, 2.24) is 4.98 Å². The molecule has 0 atom stereocenters. The molecule has 1 heterocycles. The maximum atomic E-state index is 5.77. The molecular weight excluding hydrogens is 208 g/mol. The van der Waals surface area contributed by atoms with Gasteiger partial charge in [-0.2, -0.15) is 0 Å². The Bertz CT molecular complexity index is 299. The highest BCUT2D eigenvalue weighted by atomic mass is 35.5. The van der Waals surface area contributed by atoms with Gasteiger partial charge >= 0.3 is 0 Å². The third kappa shape index (κ3) is 3.71. The van der Waals surface area contributed by atoms with Gasteiger partial charge in [0.25, 0.3) is 0 Å². The molecular formula is C12H19ClN2. The van der Waals surface area contributed by atoms with Gasteiger partial charge in [0, 0.05) is 13.1 Å². The number of rotatable bonds is 5. The van der Waals surface area contributed by atoms with Crippen molar-refractivity contribution in [3.63, 3.8) is 0 Å². The maximum Gasteiger partial charge on any atom is 0.128 e. The third-order valence-corrected chi connectivity index (χ3v) is 2.49. The van der Waals surface area contributed by atoms with Gasteiger partial charge in [-0.1, -0.05) is 19.9 Å². The Labute approximate surface area is 97.3 Å². The maximum absolute atomic E-state index is 5.77. The molecule has 0 unspecified atom stereocenters. The second-order valence-corrected chi connectivity index (χ2v) is 4.32. The van der Waals surface area contributed by atoms with Gasteiger partial charge in [-0.3, -0.25) is 0 Å². The van der Waals surface area contributed by atoms with E-state index in [9.17, 15) is 0 Å². The lowest BCUT2D eigenvalue weighted by molar-refractivity contribution is 0.614. The molecule has 1 aromatic heterocycles. The first-order valence-corrected chi connectivity index (χ1v) is 5.97. The van der Waals surface area contributed by atoms with E-state index in [1.807, 2.05) is 18.2 Å². The highest BCUT2D eigenvalue weighted by Crippen LogP contribution is 2.14. The highest BCUT2D eigenvalue weighted by Gasteiger charge is 2.07. The van der Waals surface area contributed by atoms with Crippen LogP contribution in [0.4, 0.5) is 5.82 Å².